The van der Waals surface area contributed by atoms with Gasteiger partial charge in [0.25, 0.3) is 0 Å². The number of hydrogen-bond acceptors (Lipinski definition) is 3. The topological polar surface area (TPSA) is 39.2 Å². The molecule has 1 aromatic heterocycles. The molecule has 1 aromatic rings. The van der Waals surface area contributed by atoms with Gasteiger partial charge in [-0.3, -0.25) is 0 Å². The summed E-state index contributed by atoms with van der Waals surface area (Å²) in [5.41, 5.74) is 3.50. The summed E-state index contributed by atoms with van der Waals surface area (Å²) in [5, 5.41) is 0.344. The second-order valence-corrected chi connectivity index (χ2v) is 4.95. The second kappa shape index (κ2) is 5.57. The van der Waals surface area contributed by atoms with Crippen LogP contribution in [0.1, 0.15) is 41.7 Å². The van der Waals surface area contributed by atoms with Crippen molar-refractivity contribution in [2.75, 3.05) is 7.11 Å². The smallest absolute Gasteiger partial charge is 0.356 e. The number of aromatic nitrogens is 1. The lowest BCUT2D eigenvalue weighted by atomic mass is 9.91. The molecule has 1 aliphatic carbocycles. The zero-order valence-electron chi connectivity index (χ0n) is 11.1. The number of rotatable bonds is 3. The Hall–Kier alpha value is -1.61. The number of ether oxygens (including phenoxy) is 1. The van der Waals surface area contributed by atoms with Crippen LogP contribution in [-0.2, 0) is 4.74 Å². The molecule has 1 atom stereocenters. The van der Waals surface area contributed by atoms with E-state index in [0.717, 1.165) is 24.0 Å². The zero-order chi connectivity index (χ0) is 14.0. The van der Waals surface area contributed by atoms with Crippen molar-refractivity contribution in [2.24, 2.45) is 0 Å². The Bertz CT molecular complexity index is 563. The molecule has 3 nitrogen and oxygen atoms in total. The van der Waals surface area contributed by atoms with Crippen LogP contribution in [-0.4, -0.2) is 18.1 Å². The quantitative estimate of drug-likeness (QED) is 0.621. The maximum atomic E-state index is 11.4. The largest absolute Gasteiger partial charge is 0.464 e. The highest BCUT2D eigenvalue weighted by Crippen LogP contribution is 2.37. The van der Waals surface area contributed by atoms with Crippen LogP contribution in [0.4, 0.5) is 0 Å². The number of nitrogens with zero attached hydrogens (tertiary/aromatic N) is 1. The lowest BCUT2D eigenvalue weighted by Crippen LogP contribution is -2.07. The van der Waals surface area contributed by atoms with Gasteiger partial charge >= 0.3 is 5.97 Å². The van der Waals surface area contributed by atoms with Crippen molar-refractivity contribution in [1.29, 1.82) is 0 Å². The predicted molar refractivity (Wildman–Crippen MR) is 75.5 cm³/mol. The maximum absolute atomic E-state index is 11.4. The van der Waals surface area contributed by atoms with Crippen LogP contribution in [0.25, 0.3) is 0 Å². The third-order valence-electron chi connectivity index (χ3n) is 3.42. The van der Waals surface area contributed by atoms with Gasteiger partial charge in [0.05, 0.1) is 7.11 Å². The van der Waals surface area contributed by atoms with E-state index in [2.05, 4.69) is 29.3 Å². The predicted octanol–water partition coefficient (Wildman–Crippen LogP) is 3.90. The summed E-state index contributed by atoms with van der Waals surface area (Å²) < 4.78 is 4.62. The third-order valence-corrected chi connectivity index (χ3v) is 3.73. The fraction of sp³-hybridized carbons (Fsp3) is 0.333. The van der Waals surface area contributed by atoms with E-state index in [4.69, 9.17) is 11.6 Å². The molecular weight excluding hydrogens is 262 g/mol. The summed E-state index contributed by atoms with van der Waals surface area (Å²) in [4.78, 5) is 15.5. The van der Waals surface area contributed by atoms with Gasteiger partial charge in [0.15, 0.2) is 0 Å². The van der Waals surface area contributed by atoms with Crippen LogP contribution in [0.5, 0.6) is 0 Å². The number of hydrogen-bond donors (Lipinski definition) is 0. The third kappa shape index (κ3) is 2.71. The molecular formula is C15H16ClNO2. The van der Waals surface area contributed by atoms with Gasteiger partial charge < -0.3 is 4.74 Å². The monoisotopic (exact) mass is 277 g/mol. The van der Waals surface area contributed by atoms with E-state index in [9.17, 15) is 4.79 Å². The van der Waals surface area contributed by atoms with Gasteiger partial charge in [-0.2, -0.15) is 0 Å². The summed E-state index contributed by atoms with van der Waals surface area (Å²) in [6.45, 7) is 6.14. The SMILES string of the molecule is C=C1CCC=C1C(C)c1ccc(C(=O)OC)nc1Cl. The summed E-state index contributed by atoms with van der Waals surface area (Å²) in [6.07, 6.45) is 4.23. The molecule has 0 saturated heterocycles. The fourth-order valence-corrected chi connectivity index (χ4v) is 2.65. The van der Waals surface area contributed by atoms with Crippen molar-refractivity contribution < 1.29 is 9.53 Å². The summed E-state index contributed by atoms with van der Waals surface area (Å²) >= 11 is 6.18. The van der Waals surface area contributed by atoms with E-state index in [1.165, 1.54) is 12.7 Å². The van der Waals surface area contributed by atoms with Crippen LogP contribution in [0.2, 0.25) is 5.15 Å². The number of halogens is 1. The standard InChI is InChI=1S/C15H16ClNO2/c1-9-5-4-6-11(9)10(2)12-7-8-13(15(18)19-3)17-14(12)16/h6-8,10H,1,4-5H2,2-3H3. The Morgan fingerprint density at radius 1 is 1.53 bits per heavy atom. The maximum Gasteiger partial charge on any atom is 0.356 e. The van der Waals surface area contributed by atoms with Gasteiger partial charge in [0, 0.05) is 5.92 Å². The lowest BCUT2D eigenvalue weighted by molar-refractivity contribution is 0.0594. The molecule has 0 radical (unpaired) electrons. The first kappa shape index (κ1) is 13.8. The molecule has 1 aliphatic rings. The number of carbonyl (C=O) groups excluding carboxylic acids is 1. The van der Waals surface area contributed by atoms with E-state index in [0.29, 0.717) is 5.15 Å². The summed E-state index contributed by atoms with van der Waals surface area (Å²) in [7, 11) is 1.32. The van der Waals surface area contributed by atoms with Gasteiger partial charge in [0.1, 0.15) is 10.8 Å². The first-order valence-electron chi connectivity index (χ1n) is 6.17. The van der Waals surface area contributed by atoms with Gasteiger partial charge in [-0.05, 0) is 30.0 Å². The Morgan fingerprint density at radius 3 is 2.79 bits per heavy atom. The Kier molecular flexibility index (Phi) is 4.05. The molecule has 0 aromatic carbocycles. The minimum absolute atomic E-state index is 0.140. The van der Waals surface area contributed by atoms with Gasteiger partial charge in [-0.1, -0.05) is 42.8 Å². The van der Waals surface area contributed by atoms with Crippen molar-refractivity contribution in [2.45, 2.75) is 25.7 Å². The first-order valence-corrected chi connectivity index (χ1v) is 6.55. The summed E-state index contributed by atoms with van der Waals surface area (Å²) in [5.74, 6) is -0.340. The fourth-order valence-electron chi connectivity index (χ4n) is 2.33. The molecule has 0 amide bonds. The molecule has 2 rings (SSSR count). The molecule has 19 heavy (non-hydrogen) atoms. The van der Waals surface area contributed by atoms with E-state index < -0.39 is 5.97 Å². The Morgan fingerprint density at radius 2 is 2.26 bits per heavy atom. The Balaban J connectivity index is 2.31. The number of carbonyl (C=O) groups is 1. The van der Waals surface area contributed by atoms with Crippen molar-refractivity contribution in [3.63, 3.8) is 0 Å². The van der Waals surface area contributed by atoms with Crippen LogP contribution in [0, 0.1) is 0 Å². The van der Waals surface area contributed by atoms with Crippen molar-refractivity contribution in [1.82, 2.24) is 4.98 Å². The lowest BCUT2D eigenvalue weighted by Gasteiger charge is -2.16. The molecule has 1 unspecified atom stereocenters. The first-order chi connectivity index (χ1) is 9.04. The van der Waals surface area contributed by atoms with Gasteiger partial charge in [0.2, 0.25) is 0 Å². The minimum Gasteiger partial charge on any atom is -0.464 e. The number of methoxy groups -OCH3 is 1. The van der Waals surface area contributed by atoms with Gasteiger partial charge in [-0.15, -0.1) is 0 Å². The molecule has 0 fully saturated rings. The molecule has 100 valence electrons. The number of allylic oxidation sites excluding steroid dienone is 3. The highest BCUT2D eigenvalue weighted by Gasteiger charge is 2.21. The van der Waals surface area contributed by atoms with Crippen molar-refractivity contribution >= 4 is 17.6 Å². The van der Waals surface area contributed by atoms with Crippen molar-refractivity contribution in [3.8, 4) is 0 Å². The van der Waals surface area contributed by atoms with Crippen molar-refractivity contribution in [3.05, 3.63) is 52.3 Å². The second-order valence-electron chi connectivity index (χ2n) is 4.59. The van der Waals surface area contributed by atoms with Crippen LogP contribution in [0.15, 0.2) is 35.9 Å². The number of esters is 1. The molecule has 0 bridgehead atoms. The highest BCUT2D eigenvalue weighted by molar-refractivity contribution is 6.30. The normalized spacial score (nSPS) is 16.2. The van der Waals surface area contributed by atoms with E-state index >= 15 is 0 Å². The van der Waals surface area contributed by atoms with E-state index in [1.807, 2.05) is 6.07 Å². The molecule has 0 aliphatic heterocycles. The zero-order valence-corrected chi connectivity index (χ0v) is 11.8. The molecule has 0 saturated carbocycles. The average molecular weight is 278 g/mol. The highest BCUT2D eigenvalue weighted by atomic mass is 35.5. The van der Waals surface area contributed by atoms with Gasteiger partial charge in [-0.25, -0.2) is 9.78 Å². The van der Waals surface area contributed by atoms with E-state index in [-0.39, 0.29) is 11.6 Å². The van der Waals surface area contributed by atoms with Crippen LogP contribution >= 0.6 is 11.6 Å². The van der Waals surface area contributed by atoms with Crippen LogP contribution in [0.3, 0.4) is 0 Å². The minimum atomic E-state index is -0.481. The molecule has 0 spiro atoms. The van der Waals surface area contributed by atoms with Crippen LogP contribution < -0.4 is 0 Å². The average Bonchev–Trinajstić information content (AvgIpc) is 2.83. The number of pyridine rings is 1. The summed E-state index contributed by atoms with van der Waals surface area (Å²) in [6, 6.07) is 3.47. The van der Waals surface area contributed by atoms with E-state index in [1.54, 1.807) is 6.07 Å². The Labute approximate surface area is 117 Å². The molecule has 1 heterocycles. The molecule has 0 N–H and O–H groups in total. The molecule has 4 heteroatoms.